The Labute approximate surface area is 163 Å². The monoisotopic (exact) mass is 410 g/mol. The summed E-state index contributed by atoms with van der Waals surface area (Å²) in [5.74, 6) is 0.0737. The first-order chi connectivity index (χ1) is 12.3. The Bertz CT molecular complexity index is 585. The molecule has 1 aliphatic rings. The molecule has 27 heavy (non-hydrogen) atoms. The lowest BCUT2D eigenvalue weighted by molar-refractivity contribution is -0.153. The van der Waals surface area contributed by atoms with Crippen molar-refractivity contribution in [2.45, 2.75) is 32.0 Å². The quantitative estimate of drug-likeness (QED) is 0.724. The number of carbonyl (C=O) groups is 1. The molecule has 2 rings (SSSR count). The molecular formula is C18H26ClF3N2O3. The predicted molar refractivity (Wildman–Crippen MR) is 98.2 cm³/mol. The number of piperidine rings is 1. The van der Waals surface area contributed by atoms with Crippen LogP contribution in [-0.4, -0.2) is 45.5 Å². The molecule has 9 heteroatoms. The minimum Gasteiger partial charge on any atom is -0.484 e. The Morgan fingerprint density at radius 2 is 1.85 bits per heavy atom. The van der Waals surface area contributed by atoms with Crippen LogP contribution in [0.3, 0.4) is 0 Å². The van der Waals surface area contributed by atoms with Crippen LogP contribution < -0.4 is 15.4 Å². The number of amides is 1. The topological polar surface area (TPSA) is 59.6 Å². The fourth-order valence-corrected chi connectivity index (χ4v) is 3.07. The molecule has 1 unspecified atom stereocenters. The number of hydrogen-bond acceptors (Lipinski definition) is 4. The van der Waals surface area contributed by atoms with Gasteiger partial charge in [0, 0.05) is 7.11 Å². The van der Waals surface area contributed by atoms with Crippen molar-refractivity contribution in [3.8, 4) is 5.75 Å². The standard InChI is InChI=1S/C18H25F3N2O3.ClH/c1-13(14-3-5-15(6-4-14)26-12-18(19,20)21)23-16(24)17(11-25-2)7-9-22-10-8-17;/h3-6,13,22H,7-12H2,1-2H3,(H,23,24);1H. The average Bonchev–Trinajstić information content (AvgIpc) is 2.60. The van der Waals surface area contributed by atoms with Gasteiger partial charge in [-0.15, -0.1) is 12.4 Å². The largest absolute Gasteiger partial charge is 0.484 e. The SMILES string of the molecule is COCC1(C(=O)NC(C)c2ccc(OCC(F)(F)F)cc2)CCNCC1.Cl. The van der Waals surface area contributed by atoms with Gasteiger partial charge in [0.25, 0.3) is 0 Å². The van der Waals surface area contributed by atoms with Crippen LogP contribution in [0.4, 0.5) is 13.2 Å². The molecule has 1 aliphatic heterocycles. The Morgan fingerprint density at radius 3 is 2.37 bits per heavy atom. The summed E-state index contributed by atoms with van der Waals surface area (Å²) in [6, 6.07) is 5.98. The number of benzene rings is 1. The van der Waals surface area contributed by atoms with Crippen molar-refractivity contribution in [2.24, 2.45) is 5.41 Å². The van der Waals surface area contributed by atoms with Crippen LogP contribution in [0.1, 0.15) is 31.4 Å². The molecule has 0 aliphatic carbocycles. The van der Waals surface area contributed by atoms with Crippen LogP contribution in [0.15, 0.2) is 24.3 Å². The van der Waals surface area contributed by atoms with Gasteiger partial charge in [-0.05, 0) is 50.6 Å². The van der Waals surface area contributed by atoms with Crippen LogP contribution in [0.2, 0.25) is 0 Å². The summed E-state index contributed by atoms with van der Waals surface area (Å²) in [7, 11) is 1.58. The Hall–Kier alpha value is -1.51. The maximum absolute atomic E-state index is 12.8. The second-order valence-electron chi connectivity index (χ2n) is 6.63. The minimum atomic E-state index is -4.37. The summed E-state index contributed by atoms with van der Waals surface area (Å²) in [5, 5.41) is 6.24. The second-order valence-corrected chi connectivity index (χ2v) is 6.63. The third-order valence-electron chi connectivity index (χ3n) is 4.59. The van der Waals surface area contributed by atoms with Crippen molar-refractivity contribution < 1.29 is 27.4 Å². The van der Waals surface area contributed by atoms with E-state index in [1.807, 2.05) is 6.92 Å². The first-order valence-corrected chi connectivity index (χ1v) is 8.56. The van der Waals surface area contributed by atoms with Gasteiger partial charge in [0.15, 0.2) is 6.61 Å². The van der Waals surface area contributed by atoms with Crippen LogP contribution >= 0.6 is 12.4 Å². The van der Waals surface area contributed by atoms with Gasteiger partial charge in [-0.25, -0.2) is 0 Å². The van der Waals surface area contributed by atoms with Crippen molar-refractivity contribution in [1.29, 1.82) is 0 Å². The lowest BCUT2D eigenvalue weighted by Gasteiger charge is -2.36. The van der Waals surface area contributed by atoms with E-state index in [4.69, 9.17) is 9.47 Å². The van der Waals surface area contributed by atoms with E-state index < -0.39 is 18.2 Å². The summed E-state index contributed by atoms with van der Waals surface area (Å²) < 4.78 is 46.5. The third-order valence-corrected chi connectivity index (χ3v) is 4.59. The normalized spacial score (nSPS) is 17.5. The van der Waals surface area contributed by atoms with Crippen molar-refractivity contribution in [1.82, 2.24) is 10.6 Å². The molecule has 1 saturated heterocycles. The molecule has 1 aromatic carbocycles. The van der Waals surface area contributed by atoms with Crippen molar-refractivity contribution in [2.75, 3.05) is 33.4 Å². The molecule has 1 heterocycles. The molecule has 154 valence electrons. The van der Waals surface area contributed by atoms with Crippen molar-refractivity contribution in [3.63, 3.8) is 0 Å². The molecule has 0 spiro atoms. The summed E-state index contributed by atoms with van der Waals surface area (Å²) in [5.41, 5.74) is 0.239. The number of hydrogen-bond donors (Lipinski definition) is 2. The van der Waals surface area contributed by atoms with Crippen LogP contribution in [-0.2, 0) is 9.53 Å². The highest BCUT2D eigenvalue weighted by atomic mass is 35.5. The maximum atomic E-state index is 12.8. The van der Waals surface area contributed by atoms with Gasteiger partial charge >= 0.3 is 6.18 Å². The number of nitrogens with one attached hydrogen (secondary N) is 2. The molecule has 0 bridgehead atoms. The highest BCUT2D eigenvalue weighted by Crippen LogP contribution is 2.30. The number of ether oxygens (including phenoxy) is 2. The Balaban J connectivity index is 0.00000364. The van der Waals surface area contributed by atoms with E-state index in [-0.39, 0.29) is 30.1 Å². The zero-order valence-corrected chi connectivity index (χ0v) is 16.2. The first kappa shape index (κ1) is 23.5. The van der Waals surface area contributed by atoms with E-state index in [9.17, 15) is 18.0 Å². The molecule has 1 fully saturated rings. The van der Waals surface area contributed by atoms with E-state index >= 15 is 0 Å². The minimum absolute atomic E-state index is 0. The fraction of sp³-hybridized carbons (Fsp3) is 0.611. The van der Waals surface area contributed by atoms with Crippen LogP contribution in [0, 0.1) is 5.41 Å². The zero-order chi connectivity index (χ0) is 19.2. The number of alkyl halides is 3. The van der Waals surface area contributed by atoms with E-state index in [1.54, 1.807) is 19.2 Å². The number of halogens is 4. The summed E-state index contributed by atoms with van der Waals surface area (Å²) in [6.45, 7) is 2.39. The zero-order valence-electron chi connectivity index (χ0n) is 15.4. The molecule has 1 amide bonds. The van der Waals surface area contributed by atoms with Crippen LogP contribution in [0.5, 0.6) is 5.75 Å². The predicted octanol–water partition coefficient (Wildman–Crippen LogP) is 3.24. The van der Waals surface area contributed by atoms with E-state index in [0.29, 0.717) is 19.4 Å². The van der Waals surface area contributed by atoms with Gasteiger partial charge in [-0.2, -0.15) is 13.2 Å². The molecule has 0 aromatic heterocycles. The summed E-state index contributed by atoms with van der Waals surface area (Å²) >= 11 is 0. The van der Waals surface area contributed by atoms with E-state index in [2.05, 4.69) is 10.6 Å². The van der Waals surface area contributed by atoms with Crippen LogP contribution in [0.25, 0.3) is 0 Å². The van der Waals surface area contributed by atoms with Gasteiger partial charge in [0.2, 0.25) is 5.91 Å². The van der Waals surface area contributed by atoms with Gasteiger partial charge in [0.05, 0.1) is 18.1 Å². The highest BCUT2D eigenvalue weighted by molar-refractivity contribution is 5.85. The highest BCUT2D eigenvalue weighted by Gasteiger charge is 2.40. The molecule has 5 nitrogen and oxygen atoms in total. The summed E-state index contributed by atoms with van der Waals surface area (Å²) in [6.07, 6.45) is -2.97. The number of methoxy groups -OCH3 is 1. The van der Waals surface area contributed by atoms with E-state index in [1.165, 1.54) is 12.1 Å². The lowest BCUT2D eigenvalue weighted by Crippen LogP contribution is -2.50. The van der Waals surface area contributed by atoms with Gasteiger partial charge in [-0.3, -0.25) is 4.79 Å². The Kier molecular flexibility index (Phi) is 8.84. The summed E-state index contributed by atoms with van der Waals surface area (Å²) in [4.78, 5) is 12.8. The smallest absolute Gasteiger partial charge is 0.422 e. The third kappa shape index (κ3) is 6.86. The molecule has 0 saturated carbocycles. The molecule has 1 atom stereocenters. The molecule has 0 radical (unpaired) electrons. The maximum Gasteiger partial charge on any atom is 0.422 e. The van der Waals surface area contributed by atoms with Gasteiger partial charge in [-0.1, -0.05) is 12.1 Å². The average molecular weight is 411 g/mol. The second kappa shape index (κ2) is 10.1. The molecular weight excluding hydrogens is 385 g/mol. The molecule has 2 N–H and O–H groups in total. The van der Waals surface area contributed by atoms with Crippen molar-refractivity contribution in [3.05, 3.63) is 29.8 Å². The van der Waals surface area contributed by atoms with Crippen molar-refractivity contribution >= 4 is 18.3 Å². The Morgan fingerprint density at radius 1 is 1.26 bits per heavy atom. The van der Waals surface area contributed by atoms with E-state index in [0.717, 1.165) is 18.7 Å². The lowest BCUT2D eigenvalue weighted by atomic mass is 9.78. The fourth-order valence-electron chi connectivity index (χ4n) is 3.07. The number of rotatable bonds is 7. The number of carbonyl (C=O) groups excluding carboxylic acids is 1. The van der Waals surface area contributed by atoms with Gasteiger partial charge in [0.1, 0.15) is 5.75 Å². The molecule has 1 aromatic rings. The van der Waals surface area contributed by atoms with Gasteiger partial charge < -0.3 is 20.1 Å². The first-order valence-electron chi connectivity index (χ1n) is 8.56.